The van der Waals surface area contributed by atoms with Crippen LogP contribution in [-0.4, -0.2) is 26.1 Å². The quantitative estimate of drug-likeness (QED) is 0.503. The van der Waals surface area contributed by atoms with Crippen molar-refractivity contribution in [3.8, 4) is 17.2 Å². The number of hydrogen-bond acceptors (Lipinski definition) is 4. The molecule has 2 aromatic carbocycles. The number of carbonyl (C=O) groups is 1. The Bertz CT molecular complexity index is 653. The maximum Gasteiger partial charge on any atom is 0.175 e. The van der Waals surface area contributed by atoms with Crippen molar-refractivity contribution in [3.05, 3.63) is 52.0 Å². The van der Waals surface area contributed by atoms with Crippen LogP contribution in [-0.2, 0) is 0 Å². The summed E-state index contributed by atoms with van der Waals surface area (Å²) >= 11 is 3.41. The predicted octanol–water partition coefficient (Wildman–Crippen LogP) is 4.43. The number of aldehydes is 1. The van der Waals surface area contributed by atoms with Crippen LogP contribution in [0.5, 0.6) is 17.2 Å². The average Bonchev–Trinajstić information content (AvgIpc) is 2.55. The number of hydrogen-bond donors (Lipinski definition) is 0. The normalized spacial score (nSPS) is 10.2. The van der Waals surface area contributed by atoms with E-state index in [0.29, 0.717) is 41.4 Å². The molecule has 0 N–H and O–H groups in total. The lowest BCUT2D eigenvalue weighted by molar-refractivity contribution is 0.112. The molecule has 0 bridgehead atoms. The monoisotopic (exact) mass is 378 g/mol. The van der Waals surface area contributed by atoms with Gasteiger partial charge in [0, 0.05) is 5.56 Å². The van der Waals surface area contributed by atoms with Crippen molar-refractivity contribution in [1.29, 1.82) is 0 Å². The summed E-state index contributed by atoms with van der Waals surface area (Å²) in [6, 6.07) is 11.2. The third kappa shape index (κ3) is 4.99. The first-order valence-corrected chi connectivity index (χ1v) is 8.17. The Morgan fingerprint density at radius 2 is 1.74 bits per heavy atom. The molecule has 0 heterocycles. The highest BCUT2D eigenvalue weighted by Gasteiger charge is 2.12. The molecule has 0 spiro atoms. The van der Waals surface area contributed by atoms with Crippen LogP contribution in [0.3, 0.4) is 0 Å². The van der Waals surface area contributed by atoms with E-state index in [1.807, 2.05) is 38.1 Å². The van der Waals surface area contributed by atoms with Gasteiger partial charge in [-0.15, -0.1) is 0 Å². The van der Waals surface area contributed by atoms with E-state index in [9.17, 15) is 4.79 Å². The van der Waals surface area contributed by atoms with Gasteiger partial charge in [-0.2, -0.15) is 0 Å². The molecule has 0 atom stereocenters. The SMILES string of the molecule is CCOc1cc(C=O)cc(Br)c1OCCOc1ccc(C)cc1. The van der Waals surface area contributed by atoms with Crippen LogP contribution in [0.15, 0.2) is 40.9 Å². The van der Waals surface area contributed by atoms with E-state index in [1.54, 1.807) is 12.1 Å². The summed E-state index contributed by atoms with van der Waals surface area (Å²) in [5, 5.41) is 0. The van der Waals surface area contributed by atoms with Gasteiger partial charge >= 0.3 is 0 Å². The molecule has 0 aliphatic heterocycles. The molecule has 0 amide bonds. The molecular formula is C18H19BrO4. The Labute approximate surface area is 144 Å². The van der Waals surface area contributed by atoms with Crippen molar-refractivity contribution in [2.45, 2.75) is 13.8 Å². The van der Waals surface area contributed by atoms with Crippen LogP contribution >= 0.6 is 15.9 Å². The molecular weight excluding hydrogens is 360 g/mol. The van der Waals surface area contributed by atoms with Crippen molar-refractivity contribution in [3.63, 3.8) is 0 Å². The minimum Gasteiger partial charge on any atom is -0.490 e. The summed E-state index contributed by atoms with van der Waals surface area (Å²) in [4.78, 5) is 10.9. The van der Waals surface area contributed by atoms with Gasteiger partial charge in [-0.1, -0.05) is 17.7 Å². The third-order valence-corrected chi connectivity index (χ3v) is 3.68. The van der Waals surface area contributed by atoms with Gasteiger partial charge in [0.2, 0.25) is 0 Å². The molecule has 0 saturated heterocycles. The van der Waals surface area contributed by atoms with Crippen LogP contribution in [0.25, 0.3) is 0 Å². The van der Waals surface area contributed by atoms with Gasteiger partial charge in [0.1, 0.15) is 25.2 Å². The summed E-state index contributed by atoms with van der Waals surface area (Å²) in [6.45, 7) is 5.18. The summed E-state index contributed by atoms with van der Waals surface area (Å²) in [6.07, 6.45) is 0.775. The first-order chi connectivity index (χ1) is 11.1. The van der Waals surface area contributed by atoms with Gasteiger partial charge in [-0.3, -0.25) is 4.79 Å². The van der Waals surface area contributed by atoms with Crippen molar-refractivity contribution in [2.24, 2.45) is 0 Å². The zero-order valence-corrected chi connectivity index (χ0v) is 14.8. The number of aryl methyl sites for hydroxylation is 1. The smallest absolute Gasteiger partial charge is 0.175 e. The first kappa shape index (κ1) is 17.3. The number of halogens is 1. The van der Waals surface area contributed by atoms with Gasteiger partial charge in [0.25, 0.3) is 0 Å². The Hall–Kier alpha value is -2.01. The minimum atomic E-state index is 0.368. The van der Waals surface area contributed by atoms with Crippen LogP contribution < -0.4 is 14.2 Å². The van der Waals surface area contributed by atoms with Crippen LogP contribution in [0.2, 0.25) is 0 Å². The number of benzene rings is 2. The van der Waals surface area contributed by atoms with Gasteiger partial charge in [0.15, 0.2) is 11.5 Å². The Morgan fingerprint density at radius 3 is 2.39 bits per heavy atom. The molecule has 0 aromatic heterocycles. The van der Waals surface area contributed by atoms with E-state index in [-0.39, 0.29) is 0 Å². The lowest BCUT2D eigenvalue weighted by Crippen LogP contribution is -2.10. The highest BCUT2D eigenvalue weighted by atomic mass is 79.9. The van der Waals surface area contributed by atoms with E-state index in [2.05, 4.69) is 15.9 Å². The number of carbonyl (C=O) groups excluding carboxylic acids is 1. The molecule has 5 heteroatoms. The zero-order valence-electron chi connectivity index (χ0n) is 13.2. The Morgan fingerprint density at radius 1 is 1.04 bits per heavy atom. The van der Waals surface area contributed by atoms with E-state index < -0.39 is 0 Å². The molecule has 2 rings (SSSR count). The van der Waals surface area contributed by atoms with E-state index in [4.69, 9.17) is 14.2 Å². The fourth-order valence-corrected chi connectivity index (χ4v) is 2.57. The largest absolute Gasteiger partial charge is 0.490 e. The van der Waals surface area contributed by atoms with Crippen LogP contribution in [0.4, 0.5) is 0 Å². The fraction of sp³-hybridized carbons (Fsp3) is 0.278. The summed E-state index contributed by atoms with van der Waals surface area (Å²) in [5.74, 6) is 1.92. The summed E-state index contributed by atoms with van der Waals surface area (Å²) in [5.41, 5.74) is 1.72. The van der Waals surface area contributed by atoms with Crippen LogP contribution in [0, 0.1) is 6.92 Å². The molecule has 0 aliphatic rings. The lowest BCUT2D eigenvalue weighted by Gasteiger charge is -2.14. The highest BCUT2D eigenvalue weighted by Crippen LogP contribution is 2.36. The van der Waals surface area contributed by atoms with E-state index >= 15 is 0 Å². The number of ether oxygens (including phenoxy) is 3. The Balaban J connectivity index is 1.96. The standard InChI is InChI=1S/C18H19BrO4/c1-3-21-17-11-14(12-20)10-16(19)18(17)23-9-8-22-15-6-4-13(2)5-7-15/h4-7,10-12H,3,8-9H2,1-2H3. The summed E-state index contributed by atoms with van der Waals surface area (Å²) < 4.78 is 17.6. The minimum absolute atomic E-state index is 0.368. The van der Waals surface area contributed by atoms with Crippen molar-refractivity contribution >= 4 is 22.2 Å². The van der Waals surface area contributed by atoms with Crippen molar-refractivity contribution in [2.75, 3.05) is 19.8 Å². The van der Waals surface area contributed by atoms with Crippen molar-refractivity contribution < 1.29 is 19.0 Å². The van der Waals surface area contributed by atoms with Crippen molar-refractivity contribution in [1.82, 2.24) is 0 Å². The van der Waals surface area contributed by atoms with E-state index in [1.165, 1.54) is 5.56 Å². The molecule has 0 saturated carbocycles. The molecule has 122 valence electrons. The van der Waals surface area contributed by atoms with Crippen LogP contribution in [0.1, 0.15) is 22.8 Å². The maximum atomic E-state index is 10.9. The fourth-order valence-electron chi connectivity index (χ4n) is 2.00. The van der Waals surface area contributed by atoms with Gasteiger partial charge < -0.3 is 14.2 Å². The molecule has 0 radical (unpaired) electrons. The molecule has 2 aromatic rings. The third-order valence-electron chi connectivity index (χ3n) is 3.09. The lowest BCUT2D eigenvalue weighted by atomic mass is 10.2. The second-order valence-electron chi connectivity index (χ2n) is 4.89. The van der Waals surface area contributed by atoms with Gasteiger partial charge in [0.05, 0.1) is 11.1 Å². The van der Waals surface area contributed by atoms with Gasteiger partial charge in [-0.25, -0.2) is 0 Å². The summed E-state index contributed by atoms with van der Waals surface area (Å²) in [7, 11) is 0. The molecule has 23 heavy (non-hydrogen) atoms. The topological polar surface area (TPSA) is 44.8 Å². The second-order valence-corrected chi connectivity index (χ2v) is 5.75. The number of rotatable bonds is 8. The maximum absolute atomic E-state index is 10.9. The van der Waals surface area contributed by atoms with E-state index in [0.717, 1.165) is 12.0 Å². The average molecular weight is 379 g/mol. The molecule has 4 nitrogen and oxygen atoms in total. The predicted molar refractivity (Wildman–Crippen MR) is 92.9 cm³/mol. The highest BCUT2D eigenvalue weighted by molar-refractivity contribution is 9.10. The zero-order chi connectivity index (χ0) is 16.7. The molecule has 0 fully saturated rings. The Kier molecular flexibility index (Phi) is 6.47. The van der Waals surface area contributed by atoms with Gasteiger partial charge in [-0.05, 0) is 54.0 Å². The first-order valence-electron chi connectivity index (χ1n) is 7.37. The second kappa shape index (κ2) is 8.58. The molecule has 0 unspecified atom stereocenters. The molecule has 0 aliphatic carbocycles.